The summed E-state index contributed by atoms with van der Waals surface area (Å²) in [7, 11) is -3.69. The largest absolute Gasteiger partial charge is 0.384 e. The van der Waals surface area contributed by atoms with E-state index in [2.05, 4.69) is 14.7 Å². The van der Waals surface area contributed by atoms with Gasteiger partial charge in [-0.15, -0.1) is 0 Å². The molecule has 1 aromatic heterocycles. The van der Waals surface area contributed by atoms with Crippen LogP contribution in [0.2, 0.25) is 0 Å². The molecule has 2 aromatic rings. The minimum atomic E-state index is -3.69. The first-order valence-corrected chi connectivity index (χ1v) is 7.42. The molecule has 0 saturated heterocycles. The number of aryl methyl sites for hydroxylation is 1. The van der Waals surface area contributed by atoms with Crippen molar-refractivity contribution < 1.29 is 8.42 Å². The van der Waals surface area contributed by atoms with Gasteiger partial charge < -0.3 is 10.7 Å². The van der Waals surface area contributed by atoms with E-state index in [0.717, 1.165) is 0 Å². The number of aromatic nitrogens is 2. The van der Waals surface area contributed by atoms with Crippen molar-refractivity contribution in [2.24, 2.45) is 5.73 Å². The lowest BCUT2D eigenvalue weighted by Gasteiger charge is -2.06. The van der Waals surface area contributed by atoms with Gasteiger partial charge in [0.2, 0.25) is 0 Å². The number of benzene rings is 1. The van der Waals surface area contributed by atoms with E-state index < -0.39 is 10.0 Å². The molecule has 0 saturated carbocycles. The number of aromatic amines is 1. The van der Waals surface area contributed by atoms with E-state index in [1.54, 1.807) is 24.3 Å². The molecule has 0 bridgehead atoms. The molecule has 20 heavy (non-hydrogen) atoms. The van der Waals surface area contributed by atoms with Gasteiger partial charge in [-0.1, -0.05) is 6.92 Å². The Hall–Kier alpha value is -2.35. The normalized spacial score (nSPS) is 11.2. The van der Waals surface area contributed by atoms with Crippen LogP contribution in [0.4, 0.5) is 5.69 Å². The number of nitrogens with zero attached hydrogens (tertiary/aromatic N) is 1. The first-order chi connectivity index (χ1) is 9.42. The summed E-state index contributed by atoms with van der Waals surface area (Å²) < 4.78 is 26.6. The van der Waals surface area contributed by atoms with Crippen LogP contribution in [0.25, 0.3) is 0 Å². The second-order valence-corrected chi connectivity index (χ2v) is 5.80. The fraction of sp³-hybridized carbons (Fsp3) is 0.167. The van der Waals surface area contributed by atoms with Gasteiger partial charge in [0.05, 0.1) is 6.20 Å². The number of nitrogen functional groups attached to an aromatic ring is 1. The van der Waals surface area contributed by atoms with Crippen LogP contribution in [-0.4, -0.2) is 24.2 Å². The van der Waals surface area contributed by atoms with Crippen LogP contribution in [0.5, 0.6) is 0 Å². The molecule has 2 rings (SSSR count). The number of H-pyrrole nitrogens is 1. The third kappa shape index (κ3) is 2.97. The standard InChI is InChI=1S/C12H15N5O2S/c1-2-10-15-7-11(16-10)20(18,19)17-9-5-3-8(4-6-9)12(13)14/h3-7,17H,2H2,1H3,(H3,13,14)(H,15,16). The molecule has 0 aliphatic rings. The summed E-state index contributed by atoms with van der Waals surface area (Å²) in [6.07, 6.45) is 1.91. The molecule has 0 fully saturated rings. The third-order valence-corrected chi connectivity index (χ3v) is 3.97. The highest BCUT2D eigenvalue weighted by Crippen LogP contribution is 2.15. The van der Waals surface area contributed by atoms with Crippen molar-refractivity contribution in [1.29, 1.82) is 5.41 Å². The van der Waals surface area contributed by atoms with E-state index in [-0.39, 0.29) is 10.9 Å². The highest BCUT2D eigenvalue weighted by molar-refractivity contribution is 7.92. The summed E-state index contributed by atoms with van der Waals surface area (Å²) in [6, 6.07) is 6.24. The Labute approximate surface area is 116 Å². The maximum absolute atomic E-state index is 12.1. The van der Waals surface area contributed by atoms with Crippen LogP contribution < -0.4 is 10.5 Å². The van der Waals surface area contributed by atoms with Crippen LogP contribution >= 0.6 is 0 Å². The molecular formula is C12H15N5O2S. The number of anilines is 1. The van der Waals surface area contributed by atoms with Crippen molar-refractivity contribution in [2.75, 3.05) is 4.72 Å². The number of rotatable bonds is 5. The zero-order valence-corrected chi connectivity index (χ0v) is 11.7. The lowest BCUT2D eigenvalue weighted by molar-refractivity contribution is 0.598. The predicted molar refractivity (Wildman–Crippen MR) is 76.2 cm³/mol. The number of nitrogens with two attached hydrogens (primary N) is 1. The zero-order valence-electron chi connectivity index (χ0n) is 10.8. The Morgan fingerprint density at radius 1 is 1.40 bits per heavy atom. The minimum Gasteiger partial charge on any atom is -0.384 e. The quantitative estimate of drug-likeness (QED) is 0.486. The summed E-state index contributed by atoms with van der Waals surface area (Å²) in [4.78, 5) is 6.70. The number of sulfonamides is 1. The lowest BCUT2D eigenvalue weighted by Crippen LogP contribution is -2.14. The molecule has 0 radical (unpaired) electrons. The second-order valence-electron chi connectivity index (χ2n) is 4.14. The van der Waals surface area contributed by atoms with Gasteiger partial charge in [-0.2, -0.15) is 8.42 Å². The maximum Gasteiger partial charge on any atom is 0.278 e. The van der Waals surface area contributed by atoms with Gasteiger partial charge in [0.25, 0.3) is 10.0 Å². The van der Waals surface area contributed by atoms with Crippen LogP contribution in [0.3, 0.4) is 0 Å². The molecule has 106 valence electrons. The number of hydrogen-bond donors (Lipinski definition) is 4. The smallest absolute Gasteiger partial charge is 0.278 e. The van der Waals surface area contributed by atoms with Crippen molar-refractivity contribution in [3.63, 3.8) is 0 Å². The van der Waals surface area contributed by atoms with Crippen molar-refractivity contribution in [2.45, 2.75) is 18.4 Å². The van der Waals surface area contributed by atoms with Crippen LogP contribution in [0, 0.1) is 5.41 Å². The molecule has 0 amide bonds. The van der Waals surface area contributed by atoms with E-state index in [9.17, 15) is 8.42 Å². The Kier molecular flexibility index (Phi) is 3.75. The SMILES string of the molecule is CCc1ncc(S(=O)(=O)Nc2ccc(C(=N)N)cc2)[nH]1. The zero-order chi connectivity index (χ0) is 14.8. The fourth-order valence-corrected chi connectivity index (χ4v) is 2.59. The molecule has 0 atom stereocenters. The van der Waals surface area contributed by atoms with Gasteiger partial charge in [0.1, 0.15) is 11.7 Å². The van der Waals surface area contributed by atoms with Gasteiger partial charge in [-0.25, -0.2) is 4.98 Å². The molecule has 5 N–H and O–H groups in total. The van der Waals surface area contributed by atoms with Gasteiger partial charge in [0.15, 0.2) is 5.03 Å². The Bertz CT molecular complexity index is 719. The minimum absolute atomic E-state index is 0.0185. The molecule has 0 aliphatic carbocycles. The summed E-state index contributed by atoms with van der Waals surface area (Å²) >= 11 is 0. The van der Waals surface area contributed by atoms with Crippen molar-refractivity contribution in [3.05, 3.63) is 41.9 Å². The van der Waals surface area contributed by atoms with Crippen molar-refractivity contribution in [1.82, 2.24) is 9.97 Å². The number of imidazole rings is 1. The molecule has 0 aliphatic heterocycles. The van der Waals surface area contributed by atoms with Gasteiger partial charge in [-0.05, 0) is 24.3 Å². The molecule has 0 unspecified atom stereocenters. The first kappa shape index (κ1) is 14.1. The van der Waals surface area contributed by atoms with E-state index in [0.29, 0.717) is 23.5 Å². The Morgan fingerprint density at radius 2 is 2.05 bits per heavy atom. The van der Waals surface area contributed by atoms with Crippen molar-refractivity contribution in [3.8, 4) is 0 Å². The molecule has 8 heteroatoms. The van der Waals surface area contributed by atoms with E-state index in [1.807, 2.05) is 6.92 Å². The van der Waals surface area contributed by atoms with Crippen LogP contribution in [0.15, 0.2) is 35.5 Å². The monoisotopic (exact) mass is 293 g/mol. The number of nitrogens with one attached hydrogen (secondary N) is 3. The van der Waals surface area contributed by atoms with Crippen LogP contribution in [-0.2, 0) is 16.4 Å². The lowest BCUT2D eigenvalue weighted by atomic mass is 10.2. The van der Waals surface area contributed by atoms with E-state index in [4.69, 9.17) is 11.1 Å². The summed E-state index contributed by atoms with van der Waals surface area (Å²) in [5.41, 5.74) is 6.25. The fourth-order valence-electron chi connectivity index (χ4n) is 1.59. The van der Waals surface area contributed by atoms with Crippen molar-refractivity contribution >= 4 is 21.5 Å². The highest BCUT2D eigenvalue weighted by Gasteiger charge is 2.17. The molecule has 7 nitrogen and oxygen atoms in total. The van der Waals surface area contributed by atoms with Crippen LogP contribution in [0.1, 0.15) is 18.3 Å². The molecule has 0 spiro atoms. The van der Waals surface area contributed by atoms with Gasteiger partial charge >= 0.3 is 0 Å². The Morgan fingerprint density at radius 3 is 2.55 bits per heavy atom. The van der Waals surface area contributed by atoms with E-state index >= 15 is 0 Å². The third-order valence-electron chi connectivity index (χ3n) is 2.68. The van der Waals surface area contributed by atoms with E-state index in [1.165, 1.54) is 6.20 Å². The molecule has 1 heterocycles. The summed E-state index contributed by atoms with van der Waals surface area (Å²) in [6.45, 7) is 1.88. The van der Waals surface area contributed by atoms with Gasteiger partial charge in [-0.3, -0.25) is 10.1 Å². The number of hydrogen-bond acceptors (Lipinski definition) is 4. The highest BCUT2D eigenvalue weighted by atomic mass is 32.2. The summed E-state index contributed by atoms with van der Waals surface area (Å²) in [5.74, 6) is 0.540. The second kappa shape index (κ2) is 5.33. The number of amidine groups is 1. The average Bonchev–Trinajstić information content (AvgIpc) is 2.88. The average molecular weight is 293 g/mol. The summed E-state index contributed by atoms with van der Waals surface area (Å²) in [5, 5.41) is 7.29. The molecule has 1 aromatic carbocycles. The maximum atomic E-state index is 12.1. The van der Waals surface area contributed by atoms with Gasteiger partial charge in [0, 0.05) is 17.7 Å². The Balaban J connectivity index is 2.21. The predicted octanol–water partition coefficient (Wildman–Crippen LogP) is 1.06. The first-order valence-electron chi connectivity index (χ1n) is 5.93. The topological polar surface area (TPSA) is 125 Å². The molecular weight excluding hydrogens is 278 g/mol.